The molecule has 2 aromatic carbocycles. The third-order valence-corrected chi connectivity index (χ3v) is 7.30. The van der Waals surface area contributed by atoms with Gasteiger partial charge in [0, 0.05) is 22.3 Å². The third kappa shape index (κ3) is 7.85. The lowest BCUT2D eigenvalue weighted by atomic mass is 10.1. The van der Waals surface area contributed by atoms with Gasteiger partial charge in [-0.15, -0.1) is 12.4 Å². The maximum Gasteiger partial charge on any atom is 0.207 e. The number of aliphatic hydroxyl groups excluding tert-OH is 1. The molecule has 3 atom stereocenters. The van der Waals surface area contributed by atoms with E-state index in [4.69, 9.17) is 11.6 Å². The molecule has 0 fully saturated rings. The van der Waals surface area contributed by atoms with Gasteiger partial charge in [0.15, 0.2) is 0 Å². The Morgan fingerprint density at radius 2 is 1.88 bits per heavy atom. The van der Waals surface area contributed by atoms with Gasteiger partial charge in [-0.05, 0) is 52.8 Å². The van der Waals surface area contributed by atoms with Crippen molar-refractivity contribution < 1.29 is 14.6 Å². The molecule has 0 aliphatic carbocycles. The summed E-state index contributed by atoms with van der Waals surface area (Å²) < 4.78 is 13.3. The van der Waals surface area contributed by atoms with Crippen LogP contribution in [0.5, 0.6) is 0 Å². The van der Waals surface area contributed by atoms with Crippen LogP contribution in [0.25, 0.3) is 0 Å². The highest BCUT2D eigenvalue weighted by molar-refractivity contribution is 14.1. The van der Waals surface area contributed by atoms with Crippen LogP contribution in [0, 0.1) is 3.57 Å². The Bertz CT molecular complexity index is 748. The molecule has 0 amide bonds. The molecule has 144 valence electrons. The average Bonchev–Trinajstić information content (AvgIpc) is 2.55. The molecular formula is C18H23Cl2INO3P. The molecule has 0 heterocycles. The molecule has 8 heteroatoms. The zero-order valence-electron chi connectivity index (χ0n) is 14.3. The summed E-state index contributed by atoms with van der Waals surface area (Å²) in [6, 6.07) is 15.0. The molecule has 2 aromatic rings. The van der Waals surface area contributed by atoms with Gasteiger partial charge < -0.3 is 15.3 Å². The van der Waals surface area contributed by atoms with Crippen molar-refractivity contribution in [1.29, 1.82) is 0 Å². The van der Waals surface area contributed by atoms with Crippen LogP contribution in [-0.2, 0) is 10.7 Å². The van der Waals surface area contributed by atoms with Gasteiger partial charge in [0.05, 0.1) is 17.3 Å². The summed E-state index contributed by atoms with van der Waals surface area (Å²) in [4.78, 5) is 10.1. The minimum absolute atomic E-state index is 0. The molecule has 0 saturated carbocycles. The van der Waals surface area contributed by atoms with Crippen molar-refractivity contribution in [3.63, 3.8) is 0 Å². The molecule has 0 radical (unpaired) electrons. The average molecular weight is 530 g/mol. The predicted molar refractivity (Wildman–Crippen MR) is 119 cm³/mol. The lowest BCUT2D eigenvalue weighted by molar-refractivity contribution is 0.186. The maximum atomic E-state index is 12.3. The SMILES string of the molecule is CC(NC[C@@H](O)CP(=O)(O)Cc1ccccc1)c1ccc(I)c(Cl)c1.Cl. The minimum Gasteiger partial charge on any atom is -0.391 e. The van der Waals surface area contributed by atoms with Gasteiger partial charge in [-0.2, -0.15) is 0 Å². The summed E-state index contributed by atoms with van der Waals surface area (Å²) in [5.41, 5.74) is 1.81. The number of hydrogen-bond acceptors (Lipinski definition) is 3. The van der Waals surface area contributed by atoms with Crippen molar-refractivity contribution >= 4 is 54.0 Å². The lowest BCUT2D eigenvalue weighted by Crippen LogP contribution is -2.31. The first-order valence-electron chi connectivity index (χ1n) is 7.98. The molecular weight excluding hydrogens is 507 g/mol. The highest BCUT2D eigenvalue weighted by Gasteiger charge is 2.23. The first-order chi connectivity index (χ1) is 11.8. The van der Waals surface area contributed by atoms with Gasteiger partial charge in [0.2, 0.25) is 7.37 Å². The Hall–Kier alpha value is -0.140. The highest BCUT2D eigenvalue weighted by atomic mass is 127. The van der Waals surface area contributed by atoms with Gasteiger partial charge in [-0.1, -0.05) is 48.0 Å². The largest absolute Gasteiger partial charge is 0.391 e. The van der Waals surface area contributed by atoms with Crippen LogP contribution in [0.15, 0.2) is 48.5 Å². The second kappa shape index (κ2) is 11.0. The molecule has 0 aliphatic heterocycles. The highest BCUT2D eigenvalue weighted by Crippen LogP contribution is 2.44. The van der Waals surface area contributed by atoms with Crippen LogP contribution in [0.2, 0.25) is 5.02 Å². The van der Waals surface area contributed by atoms with E-state index < -0.39 is 13.5 Å². The number of rotatable bonds is 8. The molecule has 2 unspecified atom stereocenters. The summed E-state index contributed by atoms with van der Waals surface area (Å²) in [6.07, 6.45) is -0.941. The minimum atomic E-state index is -3.43. The molecule has 0 aromatic heterocycles. The van der Waals surface area contributed by atoms with Gasteiger partial charge in [-0.25, -0.2) is 0 Å². The second-order valence-electron chi connectivity index (χ2n) is 6.13. The van der Waals surface area contributed by atoms with Crippen molar-refractivity contribution in [2.45, 2.75) is 25.2 Å². The van der Waals surface area contributed by atoms with E-state index in [1.54, 1.807) is 0 Å². The van der Waals surface area contributed by atoms with Crippen molar-refractivity contribution in [1.82, 2.24) is 5.32 Å². The summed E-state index contributed by atoms with van der Waals surface area (Å²) in [7, 11) is -3.43. The predicted octanol–water partition coefficient (Wildman–Crippen LogP) is 4.85. The van der Waals surface area contributed by atoms with Crippen LogP contribution >= 0.6 is 54.0 Å². The lowest BCUT2D eigenvalue weighted by Gasteiger charge is -2.20. The van der Waals surface area contributed by atoms with Gasteiger partial charge >= 0.3 is 0 Å². The van der Waals surface area contributed by atoms with Crippen LogP contribution in [-0.4, -0.2) is 28.8 Å². The Balaban J connectivity index is 0.00000338. The molecule has 0 saturated heterocycles. The Morgan fingerprint density at radius 3 is 2.50 bits per heavy atom. The fourth-order valence-electron chi connectivity index (χ4n) is 2.54. The molecule has 3 N–H and O–H groups in total. The zero-order valence-corrected chi connectivity index (χ0v) is 18.9. The smallest absolute Gasteiger partial charge is 0.207 e. The molecule has 26 heavy (non-hydrogen) atoms. The fraction of sp³-hybridized carbons (Fsp3) is 0.333. The first-order valence-corrected chi connectivity index (χ1v) is 11.5. The second-order valence-corrected chi connectivity index (χ2v) is 10.1. The number of hydrogen-bond donors (Lipinski definition) is 3. The van der Waals surface area contributed by atoms with E-state index in [-0.39, 0.29) is 37.3 Å². The monoisotopic (exact) mass is 529 g/mol. The normalized spacial score (nSPS) is 15.6. The van der Waals surface area contributed by atoms with E-state index in [1.165, 1.54) is 0 Å². The van der Waals surface area contributed by atoms with Crippen LogP contribution in [0.3, 0.4) is 0 Å². The molecule has 2 rings (SSSR count). The third-order valence-electron chi connectivity index (χ3n) is 3.87. The van der Waals surface area contributed by atoms with Crippen LogP contribution in [0.4, 0.5) is 0 Å². The van der Waals surface area contributed by atoms with Gasteiger partial charge in [0.25, 0.3) is 0 Å². The standard InChI is InChI=1S/C18H22ClINO3P.ClH/c1-13(15-7-8-18(20)17(19)9-15)21-10-16(22)12-25(23,24)11-14-5-3-2-4-6-14;/h2-9,13,16,21-22H,10-12H2,1H3,(H,23,24);1H/t13?,16-;/m1./s1. The van der Waals surface area contributed by atoms with Crippen LogP contribution in [0.1, 0.15) is 24.1 Å². The Labute approximate surface area is 179 Å². The molecule has 4 nitrogen and oxygen atoms in total. The Kier molecular flexibility index (Phi) is 10.1. The van der Waals surface area contributed by atoms with Crippen molar-refractivity contribution in [2.75, 3.05) is 12.7 Å². The number of benzene rings is 2. The number of aliphatic hydroxyl groups is 1. The van der Waals surface area contributed by atoms with E-state index in [2.05, 4.69) is 27.9 Å². The molecule has 0 spiro atoms. The van der Waals surface area contributed by atoms with E-state index >= 15 is 0 Å². The van der Waals surface area contributed by atoms with Crippen molar-refractivity contribution in [3.05, 3.63) is 68.3 Å². The summed E-state index contributed by atoms with van der Waals surface area (Å²) in [5.74, 6) is 0. The van der Waals surface area contributed by atoms with Crippen LogP contribution < -0.4 is 5.32 Å². The molecule has 0 bridgehead atoms. The quantitative estimate of drug-likeness (QED) is 0.338. The summed E-state index contributed by atoms with van der Waals surface area (Å²) >= 11 is 8.30. The van der Waals surface area contributed by atoms with Crippen molar-refractivity contribution in [2.24, 2.45) is 0 Å². The summed E-state index contributed by atoms with van der Waals surface area (Å²) in [6.45, 7) is 2.21. The summed E-state index contributed by atoms with van der Waals surface area (Å²) in [5, 5.41) is 14.0. The zero-order chi connectivity index (χ0) is 18.4. The van der Waals surface area contributed by atoms with E-state index in [0.717, 1.165) is 14.7 Å². The van der Waals surface area contributed by atoms with E-state index in [0.29, 0.717) is 5.02 Å². The maximum absolute atomic E-state index is 12.3. The number of nitrogens with one attached hydrogen (secondary N) is 1. The van der Waals surface area contributed by atoms with Crippen molar-refractivity contribution in [3.8, 4) is 0 Å². The fourth-order valence-corrected chi connectivity index (χ4v) is 4.76. The number of halogens is 3. The Morgan fingerprint density at radius 1 is 1.23 bits per heavy atom. The topological polar surface area (TPSA) is 69.6 Å². The van der Waals surface area contributed by atoms with Gasteiger partial charge in [0.1, 0.15) is 0 Å². The van der Waals surface area contributed by atoms with E-state index in [9.17, 15) is 14.6 Å². The molecule has 0 aliphatic rings. The van der Waals surface area contributed by atoms with E-state index in [1.807, 2.05) is 55.5 Å². The van der Waals surface area contributed by atoms with Gasteiger partial charge in [-0.3, -0.25) is 4.57 Å². The first kappa shape index (κ1) is 23.9.